The largest absolute Gasteiger partial charge is 0.497 e. The van der Waals surface area contributed by atoms with Crippen LogP contribution >= 0.6 is 11.3 Å². The fraction of sp³-hybridized carbons (Fsp3) is 0.385. The molecular weight excluding hydrogens is 436 g/mol. The van der Waals surface area contributed by atoms with Crippen molar-refractivity contribution in [2.75, 3.05) is 26.6 Å². The van der Waals surface area contributed by atoms with Gasteiger partial charge in [-0.25, -0.2) is 4.98 Å². The van der Waals surface area contributed by atoms with Crippen LogP contribution in [0.3, 0.4) is 0 Å². The van der Waals surface area contributed by atoms with E-state index in [1.54, 1.807) is 50.9 Å². The van der Waals surface area contributed by atoms with E-state index in [0.717, 1.165) is 23.4 Å². The molecule has 2 aromatic carbocycles. The lowest BCUT2D eigenvalue weighted by Crippen LogP contribution is -2.12. The minimum absolute atomic E-state index is 0.227. The number of rotatable bonds is 8. The molecule has 1 aliphatic carbocycles. The summed E-state index contributed by atoms with van der Waals surface area (Å²) in [6.45, 7) is 0. The van der Waals surface area contributed by atoms with E-state index in [2.05, 4.69) is 5.32 Å². The van der Waals surface area contributed by atoms with Gasteiger partial charge in [-0.3, -0.25) is 10.1 Å². The lowest BCUT2D eigenvalue weighted by Gasteiger charge is -2.21. The minimum atomic E-state index is -0.227. The van der Waals surface area contributed by atoms with Gasteiger partial charge in [0.25, 0.3) is 5.91 Å². The van der Waals surface area contributed by atoms with Crippen LogP contribution in [0.25, 0.3) is 11.3 Å². The molecule has 0 saturated heterocycles. The molecule has 3 aromatic rings. The molecule has 1 heterocycles. The summed E-state index contributed by atoms with van der Waals surface area (Å²) in [5, 5.41) is 3.59. The van der Waals surface area contributed by atoms with Crippen molar-refractivity contribution < 1.29 is 19.0 Å². The first-order valence-electron chi connectivity index (χ1n) is 11.3. The van der Waals surface area contributed by atoms with Gasteiger partial charge in [0.2, 0.25) is 0 Å². The number of carbonyl (C=O) groups is 1. The predicted molar refractivity (Wildman–Crippen MR) is 132 cm³/mol. The van der Waals surface area contributed by atoms with Crippen LogP contribution in [0, 0.1) is 5.92 Å². The fourth-order valence-electron chi connectivity index (χ4n) is 4.32. The second kappa shape index (κ2) is 10.7. The first-order valence-corrected chi connectivity index (χ1v) is 12.1. The highest BCUT2D eigenvalue weighted by atomic mass is 32.1. The normalized spacial score (nSPS) is 14.0. The lowest BCUT2D eigenvalue weighted by atomic mass is 9.86. The molecule has 1 aliphatic rings. The molecule has 6 nitrogen and oxygen atoms in total. The van der Waals surface area contributed by atoms with Crippen LogP contribution in [-0.2, 0) is 6.42 Å². The zero-order valence-electron chi connectivity index (χ0n) is 19.3. The zero-order valence-corrected chi connectivity index (χ0v) is 20.2. The quantitative estimate of drug-likeness (QED) is 0.427. The Bertz CT molecular complexity index is 1090. The van der Waals surface area contributed by atoms with Gasteiger partial charge >= 0.3 is 0 Å². The summed E-state index contributed by atoms with van der Waals surface area (Å²) >= 11 is 1.57. The number of ether oxygens (including phenoxy) is 3. The Kier molecular flexibility index (Phi) is 7.50. The molecule has 0 bridgehead atoms. The Labute approximate surface area is 198 Å². The maximum Gasteiger partial charge on any atom is 0.257 e. The van der Waals surface area contributed by atoms with Gasteiger partial charge in [0.1, 0.15) is 5.75 Å². The van der Waals surface area contributed by atoms with Crippen molar-refractivity contribution in [2.45, 2.75) is 38.5 Å². The molecular formula is C26H30N2O4S. The zero-order chi connectivity index (χ0) is 23.2. The van der Waals surface area contributed by atoms with E-state index in [9.17, 15) is 4.79 Å². The topological polar surface area (TPSA) is 69.7 Å². The third kappa shape index (κ3) is 5.47. The molecule has 0 spiro atoms. The predicted octanol–water partition coefficient (Wildman–Crippen LogP) is 6.21. The molecule has 1 N–H and O–H groups in total. The molecule has 174 valence electrons. The molecule has 1 amide bonds. The molecule has 7 heteroatoms. The third-order valence-electron chi connectivity index (χ3n) is 6.13. The molecule has 0 unspecified atom stereocenters. The Morgan fingerprint density at radius 1 is 0.970 bits per heavy atom. The Morgan fingerprint density at radius 3 is 2.36 bits per heavy atom. The Balaban J connectivity index is 1.60. The van der Waals surface area contributed by atoms with Gasteiger partial charge in [-0.05, 0) is 54.8 Å². The van der Waals surface area contributed by atoms with Crippen molar-refractivity contribution in [2.24, 2.45) is 5.92 Å². The summed E-state index contributed by atoms with van der Waals surface area (Å²) in [7, 11) is 4.79. The molecule has 1 aromatic heterocycles. The Morgan fingerprint density at radius 2 is 1.70 bits per heavy atom. The van der Waals surface area contributed by atoms with Gasteiger partial charge in [-0.1, -0.05) is 32.1 Å². The summed E-state index contributed by atoms with van der Waals surface area (Å²) in [6, 6.07) is 13.1. The minimum Gasteiger partial charge on any atom is -0.497 e. The number of aromatic nitrogens is 1. The number of methoxy groups -OCH3 is 3. The van der Waals surface area contributed by atoms with Crippen molar-refractivity contribution in [1.82, 2.24) is 4.98 Å². The van der Waals surface area contributed by atoms with Gasteiger partial charge in [0.05, 0.1) is 27.0 Å². The van der Waals surface area contributed by atoms with Crippen molar-refractivity contribution >= 4 is 22.4 Å². The maximum atomic E-state index is 13.0. The average molecular weight is 467 g/mol. The Hall–Kier alpha value is -3.06. The van der Waals surface area contributed by atoms with E-state index >= 15 is 0 Å². The summed E-state index contributed by atoms with van der Waals surface area (Å²) in [6.07, 6.45) is 7.43. The average Bonchev–Trinajstić information content (AvgIpc) is 3.25. The van der Waals surface area contributed by atoms with Crippen LogP contribution in [-0.4, -0.2) is 32.2 Å². The van der Waals surface area contributed by atoms with Crippen LogP contribution in [0.5, 0.6) is 17.2 Å². The number of hydrogen-bond donors (Lipinski definition) is 1. The van der Waals surface area contributed by atoms with Gasteiger partial charge in [-0.2, -0.15) is 0 Å². The van der Waals surface area contributed by atoms with E-state index in [0.29, 0.717) is 28.1 Å². The molecule has 4 rings (SSSR count). The van der Waals surface area contributed by atoms with Crippen molar-refractivity contribution in [1.29, 1.82) is 0 Å². The van der Waals surface area contributed by atoms with Gasteiger partial charge in [-0.15, -0.1) is 11.3 Å². The number of thiazole rings is 1. The summed E-state index contributed by atoms with van der Waals surface area (Å²) in [5.41, 5.74) is 2.46. The number of amides is 1. The molecule has 1 saturated carbocycles. The van der Waals surface area contributed by atoms with Crippen molar-refractivity contribution in [3.63, 3.8) is 0 Å². The van der Waals surface area contributed by atoms with Crippen molar-refractivity contribution in [3.05, 3.63) is 52.9 Å². The van der Waals surface area contributed by atoms with E-state index in [4.69, 9.17) is 19.2 Å². The number of hydrogen-bond acceptors (Lipinski definition) is 6. The fourth-order valence-corrected chi connectivity index (χ4v) is 5.41. The first-order chi connectivity index (χ1) is 16.1. The molecule has 33 heavy (non-hydrogen) atoms. The highest BCUT2D eigenvalue weighted by Crippen LogP contribution is 2.37. The first kappa shape index (κ1) is 23.1. The third-order valence-corrected chi connectivity index (χ3v) is 7.12. The monoisotopic (exact) mass is 466 g/mol. The van der Waals surface area contributed by atoms with Crippen molar-refractivity contribution in [3.8, 4) is 28.5 Å². The van der Waals surface area contributed by atoms with Gasteiger partial charge < -0.3 is 14.2 Å². The number of anilines is 1. The van der Waals surface area contributed by atoms with Gasteiger partial charge in [0, 0.05) is 16.0 Å². The number of nitrogens with one attached hydrogen (secondary N) is 1. The van der Waals surface area contributed by atoms with E-state index in [1.165, 1.54) is 37.0 Å². The van der Waals surface area contributed by atoms with Crippen LogP contribution in [0.4, 0.5) is 5.13 Å². The van der Waals surface area contributed by atoms with Crippen LogP contribution in [0.1, 0.15) is 47.3 Å². The molecule has 0 aliphatic heterocycles. The van der Waals surface area contributed by atoms with Crippen LogP contribution < -0.4 is 19.5 Å². The maximum absolute atomic E-state index is 13.0. The summed E-state index contributed by atoms with van der Waals surface area (Å²) in [5.74, 6) is 2.35. The highest BCUT2D eigenvalue weighted by molar-refractivity contribution is 7.16. The SMILES string of the molecule is COc1ccc(-c2nc(NC(=O)c3ccc(OC)c(OC)c3)sc2CC2CCCCC2)cc1. The van der Waals surface area contributed by atoms with E-state index in [1.807, 2.05) is 24.3 Å². The van der Waals surface area contributed by atoms with Gasteiger partial charge in [0.15, 0.2) is 16.6 Å². The van der Waals surface area contributed by atoms with Crippen LogP contribution in [0.2, 0.25) is 0 Å². The van der Waals surface area contributed by atoms with Crippen LogP contribution in [0.15, 0.2) is 42.5 Å². The number of nitrogens with zero attached hydrogens (tertiary/aromatic N) is 1. The van der Waals surface area contributed by atoms with E-state index in [-0.39, 0.29) is 5.91 Å². The molecule has 0 atom stereocenters. The van der Waals surface area contributed by atoms with E-state index < -0.39 is 0 Å². The highest BCUT2D eigenvalue weighted by Gasteiger charge is 2.21. The standard InChI is InChI=1S/C26H30N2O4S/c1-30-20-12-9-18(10-13-20)24-23(15-17-7-5-4-6-8-17)33-26(27-24)28-25(29)19-11-14-21(31-2)22(16-19)32-3/h9-14,16-17H,4-8,15H2,1-3H3,(H,27,28,29). The molecule has 1 fully saturated rings. The smallest absolute Gasteiger partial charge is 0.257 e. The number of benzene rings is 2. The second-order valence-corrected chi connectivity index (χ2v) is 9.33. The lowest BCUT2D eigenvalue weighted by molar-refractivity contribution is 0.102. The number of carbonyl (C=O) groups excluding carboxylic acids is 1. The summed E-state index contributed by atoms with van der Waals surface area (Å²) in [4.78, 5) is 19.0. The second-order valence-electron chi connectivity index (χ2n) is 8.25. The summed E-state index contributed by atoms with van der Waals surface area (Å²) < 4.78 is 15.9. The molecule has 0 radical (unpaired) electrons.